The Morgan fingerprint density at radius 3 is 2.38 bits per heavy atom. The van der Waals surface area contributed by atoms with Gasteiger partial charge in [-0.1, -0.05) is 37.3 Å². The maximum atomic E-state index is 12.8. The van der Waals surface area contributed by atoms with Crippen LogP contribution in [0, 0.1) is 0 Å². The molecule has 2 aromatic rings. The van der Waals surface area contributed by atoms with E-state index in [1.165, 1.54) is 26.2 Å². The maximum Gasteiger partial charge on any atom is 0.254 e. The van der Waals surface area contributed by atoms with Crippen LogP contribution in [0.3, 0.4) is 0 Å². The Labute approximate surface area is 154 Å². The zero-order valence-electron chi connectivity index (χ0n) is 15.2. The van der Waals surface area contributed by atoms with Crippen molar-refractivity contribution in [3.63, 3.8) is 0 Å². The van der Waals surface area contributed by atoms with E-state index in [-0.39, 0.29) is 29.0 Å². The molecule has 2 aromatic carbocycles. The summed E-state index contributed by atoms with van der Waals surface area (Å²) in [4.78, 5) is 12.8. The molecular weight excluding hydrogens is 352 g/mol. The summed E-state index contributed by atoms with van der Waals surface area (Å²) >= 11 is 0. The molecule has 0 aliphatic rings. The van der Waals surface area contributed by atoms with Crippen LogP contribution in [-0.2, 0) is 10.0 Å². The van der Waals surface area contributed by atoms with Gasteiger partial charge in [-0.05, 0) is 37.1 Å². The Bertz CT molecular complexity index is 851. The van der Waals surface area contributed by atoms with Gasteiger partial charge < -0.3 is 10.1 Å². The molecule has 0 aliphatic heterocycles. The van der Waals surface area contributed by atoms with E-state index >= 15 is 0 Å². The molecule has 0 bridgehead atoms. The van der Waals surface area contributed by atoms with Gasteiger partial charge in [0.1, 0.15) is 5.75 Å². The van der Waals surface area contributed by atoms with E-state index in [4.69, 9.17) is 4.74 Å². The average Bonchev–Trinajstić information content (AvgIpc) is 2.66. The van der Waals surface area contributed by atoms with E-state index in [1.807, 2.05) is 37.3 Å². The van der Waals surface area contributed by atoms with Gasteiger partial charge >= 0.3 is 0 Å². The van der Waals surface area contributed by atoms with Crippen LogP contribution in [0.4, 0.5) is 5.69 Å². The lowest BCUT2D eigenvalue weighted by Gasteiger charge is -2.19. The minimum atomic E-state index is -3.51. The molecule has 26 heavy (non-hydrogen) atoms. The maximum absolute atomic E-state index is 12.8. The number of hydrogen-bond donors (Lipinski definition) is 2. The highest BCUT2D eigenvalue weighted by Gasteiger charge is 2.20. The molecule has 0 unspecified atom stereocenters. The first kappa shape index (κ1) is 19.8. The van der Waals surface area contributed by atoms with Gasteiger partial charge in [-0.3, -0.25) is 9.52 Å². The molecule has 0 heterocycles. The molecule has 0 saturated heterocycles. The van der Waals surface area contributed by atoms with Gasteiger partial charge in [0.2, 0.25) is 10.0 Å². The van der Waals surface area contributed by atoms with Crippen molar-refractivity contribution in [2.45, 2.75) is 26.3 Å². The van der Waals surface area contributed by atoms with Crippen LogP contribution in [0.15, 0.2) is 48.5 Å². The highest BCUT2D eigenvalue weighted by Crippen LogP contribution is 2.25. The van der Waals surface area contributed by atoms with Gasteiger partial charge in [0.05, 0.1) is 30.2 Å². The van der Waals surface area contributed by atoms with Crippen molar-refractivity contribution in [3.05, 3.63) is 59.7 Å². The zero-order valence-corrected chi connectivity index (χ0v) is 16.0. The van der Waals surface area contributed by atoms with Crippen LogP contribution in [0.25, 0.3) is 0 Å². The fraction of sp³-hybridized carbons (Fsp3) is 0.316. The smallest absolute Gasteiger partial charge is 0.254 e. The molecule has 0 aliphatic carbocycles. The molecule has 0 spiro atoms. The fourth-order valence-corrected chi connectivity index (χ4v) is 3.17. The third-order valence-corrected chi connectivity index (χ3v) is 5.32. The number of carbonyl (C=O) groups excluding carboxylic acids is 1. The number of amides is 1. The number of nitrogens with one attached hydrogen (secondary N) is 2. The standard InChI is InChI=1S/C19H24N2O4S/c1-4-17(14-9-7-6-8-10-14)20-19(22)16-13-15(25-3)11-12-18(16)21-26(23,24)5-2/h6-13,17,21H,4-5H2,1-3H3,(H,20,22)/t17-/m0/s1. The van der Waals surface area contributed by atoms with Gasteiger partial charge in [0, 0.05) is 0 Å². The first-order valence-corrected chi connectivity index (χ1v) is 10.1. The number of ether oxygens (including phenoxy) is 1. The molecule has 7 heteroatoms. The van der Waals surface area contributed by atoms with Gasteiger partial charge in [-0.25, -0.2) is 8.42 Å². The molecular formula is C19H24N2O4S. The zero-order chi connectivity index (χ0) is 19.2. The van der Waals surface area contributed by atoms with E-state index in [0.717, 1.165) is 5.56 Å². The summed E-state index contributed by atoms with van der Waals surface area (Å²) in [5.74, 6) is 0.0255. The van der Waals surface area contributed by atoms with Crippen molar-refractivity contribution >= 4 is 21.6 Å². The monoisotopic (exact) mass is 376 g/mol. The summed E-state index contributed by atoms with van der Waals surface area (Å²) in [5.41, 5.74) is 1.44. The quantitative estimate of drug-likeness (QED) is 0.740. The summed E-state index contributed by atoms with van der Waals surface area (Å²) in [5, 5.41) is 2.97. The predicted octanol–water partition coefficient (Wildman–Crippen LogP) is 3.34. The van der Waals surface area contributed by atoms with Crippen LogP contribution in [-0.4, -0.2) is 27.2 Å². The summed E-state index contributed by atoms with van der Waals surface area (Å²) in [6.45, 7) is 3.51. The Kier molecular flexibility index (Phi) is 6.63. The van der Waals surface area contributed by atoms with E-state index in [0.29, 0.717) is 12.2 Å². The molecule has 0 fully saturated rings. The Morgan fingerprint density at radius 2 is 1.81 bits per heavy atom. The molecule has 140 valence electrons. The summed E-state index contributed by atoms with van der Waals surface area (Å²) < 4.78 is 31.5. The largest absolute Gasteiger partial charge is 0.497 e. The highest BCUT2D eigenvalue weighted by molar-refractivity contribution is 7.92. The number of anilines is 1. The van der Waals surface area contributed by atoms with Crippen molar-refractivity contribution in [2.24, 2.45) is 0 Å². The first-order chi connectivity index (χ1) is 12.4. The van der Waals surface area contributed by atoms with Gasteiger partial charge in [0.15, 0.2) is 0 Å². The number of rotatable bonds is 8. The molecule has 1 atom stereocenters. The van der Waals surface area contributed by atoms with E-state index in [1.54, 1.807) is 6.07 Å². The van der Waals surface area contributed by atoms with Gasteiger partial charge in [-0.15, -0.1) is 0 Å². The minimum Gasteiger partial charge on any atom is -0.497 e. The van der Waals surface area contributed by atoms with Crippen molar-refractivity contribution in [1.82, 2.24) is 5.32 Å². The van der Waals surface area contributed by atoms with Crippen LogP contribution in [0.2, 0.25) is 0 Å². The van der Waals surface area contributed by atoms with Crippen LogP contribution < -0.4 is 14.8 Å². The number of sulfonamides is 1. The third kappa shape index (κ3) is 4.98. The van der Waals surface area contributed by atoms with Crippen LogP contribution in [0.5, 0.6) is 5.75 Å². The van der Waals surface area contributed by atoms with E-state index in [2.05, 4.69) is 10.0 Å². The summed E-state index contributed by atoms with van der Waals surface area (Å²) in [7, 11) is -2.01. The van der Waals surface area contributed by atoms with Crippen molar-refractivity contribution in [2.75, 3.05) is 17.6 Å². The Balaban J connectivity index is 2.34. The second-order valence-electron chi connectivity index (χ2n) is 5.76. The lowest BCUT2D eigenvalue weighted by Crippen LogP contribution is -2.29. The molecule has 1 amide bonds. The van der Waals surface area contributed by atoms with E-state index in [9.17, 15) is 13.2 Å². The molecule has 6 nitrogen and oxygen atoms in total. The van der Waals surface area contributed by atoms with Gasteiger partial charge in [-0.2, -0.15) is 0 Å². The topological polar surface area (TPSA) is 84.5 Å². The van der Waals surface area contributed by atoms with Crippen molar-refractivity contribution < 1.29 is 17.9 Å². The lowest BCUT2D eigenvalue weighted by molar-refractivity contribution is 0.0936. The lowest BCUT2D eigenvalue weighted by atomic mass is 10.0. The van der Waals surface area contributed by atoms with Gasteiger partial charge in [0.25, 0.3) is 5.91 Å². The SMILES string of the molecule is CC[C@H](NC(=O)c1cc(OC)ccc1NS(=O)(=O)CC)c1ccccc1. The van der Waals surface area contributed by atoms with E-state index < -0.39 is 10.0 Å². The van der Waals surface area contributed by atoms with Crippen LogP contribution >= 0.6 is 0 Å². The Morgan fingerprint density at radius 1 is 1.12 bits per heavy atom. The summed E-state index contributed by atoms with van der Waals surface area (Å²) in [6.07, 6.45) is 0.704. The Hall–Kier alpha value is -2.54. The molecule has 2 rings (SSSR count). The molecule has 0 aromatic heterocycles. The minimum absolute atomic E-state index is 0.0817. The number of hydrogen-bond acceptors (Lipinski definition) is 4. The molecule has 0 saturated carbocycles. The highest BCUT2D eigenvalue weighted by atomic mass is 32.2. The van der Waals surface area contributed by atoms with Crippen molar-refractivity contribution in [3.8, 4) is 5.75 Å². The number of carbonyl (C=O) groups is 1. The third-order valence-electron chi connectivity index (χ3n) is 4.03. The summed E-state index contributed by atoms with van der Waals surface area (Å²) in [6, 6.07) is 14.1. The number of methoxy groups -OCH3 is 1. The second kappa shape index (κ2) is 8.71. The second-order valence-corrected chi connectivity index (χ2v) is 7.77. The number of benzene rings is 2. The average molecular weight is 376 g/mol. The fourth-order valence-electron chi connectivity index (χ4n) is 2.51. The first-order valence-electron chi connectivity index (χ1n) is 8.44. The van der Waals surface area contributed by atoms with Crippen LogP contribution in [0.1, 0.15) is 42.2 Å². The van der Waals surface area contributed by atoms with Crippen molar-refractivity contribution in [1.29, 1.82) is 0 Å². The molecule has 2 N–H and O–H groups in total. The molecule has 0 radical (unpaired) electrons. The predicted molar refractivity (Wildman–Crippen MR) is 103 cm³/mol. The normalized spacial score (nSPS) is 12.3.